The van der Waals surface area contributed by atoms with Crippen molar-refractivity contribution in [3.8, 4) is 0 Å². The quantitative estimate of drug-likeness (QED) is 0.846. The first kappa shape index (κ1) is 13.8. The standard InChI is InChI=1S/C12H17BrN2O2S/c13-10-5-6-12(11(14)9-10)18(16,17)15-7-3-1-2-4-8-15/h5-6,9H,1-4,7-8,14H2. The average Bonchev–Trinajstić information content (AvgIpc) is 2.57. The molecule has 1 aliphatic rings. The Morgan fingerprint density at radius 2 is 1.72 bits per heavy atom. The maximum atomic E-state index is 12.5. The summed E-state index contributed by atoms with van der Waals surface area (Å²) in [4.78, 5) is 0.215. The van der Waals surface area contributed by atoms with E-state index in [0.29, 0.717) is 18.8 Å². The van der Waals surface area contributed by atoms with Gasteiger partial charge in [-0.3, -0.25) is 0 Å². The maximum Gasteiger partial charge on any atom is 0.245 e. The molecule has 2 N–H and O–H groups in total. The highest BCUT2D eigenvalue weighted by Gasteiger charge is 2.26. The van der Waals surface area contributed by atoms with Crippen molar-refractivity contribution in [1.29, 1.82) is 0 Å². The van der Waals surface area contributed by atoms with Crippen molar-refractivity contribution in [3.63, 3.8) is 0 Å². The molecule has 1 heterocycles. The van der Waals surface area contributed by atoms with Crippen LogP contribution in [-0.2, 0) is 10.0 Å². The summed E-state index contributed by atoms with van der Waals surface area (Å²) in [5, 5.41) is 0. The van der Waals surface area contributed by atoms with Gasteiger partial charge < -0.3 is 5.73 Å². The average molecular weight is 333 g/mol. The topological polar surface area (TPSA) is 63.4 Å². The number of benzene rings is 1. The molecule has 18 heavy (non-hydrogen) atoms. The molecule has 1 fully saturated rings. The first-order valence-corrected chi connectivity index (χ1v) is 8.30. The van der Waals surface area contributed by atoms with Gasteiger partial charge in [0.1, 0.15) is 4.90 Å². The normalized spacial score (nSPS) is 18.5. The van der Waals surface area contributed by atoms with E-state index in [1.54, 1.807) is 22.5 Å². The number of hydrogen-bond donors (Lipinski definition) is 1. The van der Waals surface area contributed by atoms with Crippen LogP contribution >= 0.6 is 15.9 Å². The monoisotopic (exact) mass is 332 g/mol. The highest BCUT2D eigenvalue weighted by Crippen LogP contribution is 2.27. The van der Waals surface area contributed by atoms with Crippen LogP contribution in [0.1, 0.15) is 25.7 Å². The van der Waals surface area contributed by atoms with Crippen LogP contribution in [0.4, 0.5) is 5.69 Å². The van der Waals surface area contributed by atoms with Crippen LogP contribution in [0.3, 0.4) is 0 Å². The molecule has 1 aromatic carbocycles. The number of sulfonamides is 1. The molecule has 0 saturated carbocycles. The van der Waals surface area contributed by atoms with Crippen molar-refractivity contribution in [1.82, 2.24) is 4.31 Å². The van der Waals surface area contributed by atoms with Crippen molar-refractivity contribution < 1.29 is 8.42 Å². The van der Waals surface area contributed by atoms with Crippen molar-refractivity contribution in [2.24, 2.45) is 0 Å². The molecule has 1 aromatic rings. The number of nitrogen functional groups attached to an aromatic ring is 1. The van der Waals surface area contributed by atoms with Crippen LogP contribution in [0.5, 0.6) is 0 Å². The predicted octanol–water partition coefficient (Wildman–Crippen LogP) is 2.60. The zero-order chi connectivity index (χ0) is 13.2. The Hall–Kier alpha value is -0.590. The summed E-state index contributed by atoms with van der Waals surface area (Å²) in [6.45, 7) is 1.19. The molecular weight excluding hydrogens is 316 g/mol. The largest absolute Gasteiger partial charge is 0.398 e. The van der Waals surface area contributed by atoms with E-state index >= 15 is 0 Å². The zero-order valence-electron chi connectivity index (χ0n) is 10.1. The van der Waals surface area contributed by atoms with Crippen molar-refractivity contribution >= 4 is 31.6 Å². The van der Waals surface area contributed by atoms with Gasteiger partial charge in [0.2, 0.25) is 10.0 Å². The molecule has 0 aliphatic carbocycles. The molecule has 0 amide bonds. The summed E-state index contributed by atoms with van der Waals surface area (Å²) < 4.78 is 27.3. The van der Waals surface area contributed by atoms with Gasteiger partial charge in [-0.15, -0.1) is 0 Å². The highest BCUT2D eigenvalue weighted by molar-refractivity contribution is 9.10. The van der Waals surface area contributed by atoms with Crippen LogP contribution in [0.15, 0.2) is 27.6 Å². The number of rotatable bonds is 2. The molecule has 0 radical (unpaired) electrons. The first-order chi connectivity index (χ1) is 8.51. The van der Waals surface area contributed by atoms with Crippen molar-refractivity contribution in [2.45, 2.75) is 30.6 Å². The molecule has 4 nitrogen and oxygen atoms in total. The van der Waals surface area contributed by atoms with Crippen LogP contribution < -0.4 is 5.73 Å². The van der Waals surface area contributed by atoms with Gasteiger partial charge in [-0.2, -0.15) is 4.31 Å². The Bertz CT molecular complexity index is 523. The lowest BCUT2D eigenvalue weighted by Crippen LogP contribution is -2.32. The molecule has 2 rings (SSSR count). The SMILES string of the molecule is Nc1cc(Br)ccc1S(=O)(=O)N1CCCCCC1. The lowest BCUT2D eigenvalue weighted by Gasteiger charge is -2.20. The number of halogens is 1. The Labute approximate surface area is 116 Å². The van der Waals surface area contributed by atoms with E-state index in [2.05, 4.69) is 15.9 Å². The molecule has 0 bridgehead atoms. The third-order valence-corrected chi connectivity index (χ3v) is 5.62. The highest BCUT2D eigenvalue weighted by atomic mass is 79.9. The summed E-state index contributed by atoms with van der Waals surface area (Å²) in [6, 6.07) is 4.91. The minimum atomic E-state index is -3.45. The second-order valence-electron chi connectivity index (χ2n) is 4.50. The smallest absolute Gasteiger partial charge is 0.245 e. The second kappa shape index (κ2) is 5.59. The molecule has 0 aromatic heterocycles. The lowest BCUT2D eigenvalue weighted by atomic mass is 10.2. The van der Waals surface area contributed by atoms with Crippen molar-refractivity contribution in [2.75, 3.05) is 18.8 Å². The predicted molar refractivity (Wildman–Crippen MR) is 75.8 cm³/mol. The molecule has 1 aliphatic heterocycles. The fourth-order valence-corrected chi connectivity index (χ4v) is 4.17. The third kappa shape index (κ3) is 2.87. The van der Waals surface area contributed by atoms with Gasteiger partial charge in [0.15, 0.2) is 0 Å². The molecule has 0 spiro atoms. The van der Waals surface area contributed by atoms with Gasteiger partial charge in [0.25, 0.3) is 0 Å². The molecule has 0 atom stereocenters. The first-order valence-electron chi connectivity index (χ1n) is 6.07. The van der Waals surface area contributed by atoms with Gasteiger partial charge in [0, 0.05) is 17.6 Å². The van der Waals surface area contributed by atoms with Crippen LogP contribution in [-0.4, -0.2) is 25.8 Å². The molecule has 100 valence electrons. The van der Waals surface area contributed by atoms with E-state index in [4.69, 9.17) is 5.73 Å². The van der Waals surface area contributed by atoms with Crippen LogP contribution in [0.2, 0.25) is 0 Å². The van der Waals surface area contributed by atoms with Gasteiger partial charge in [-0.05, 0) is 31.0 Å². The number of nitrogens with two attached hydrogens (primary N) is 1. The minimum Gasteiger partial charge on any atom is -0.398 e. The number of anilines is 1. The zero-order valence-corrected chi connectivity index (χ0v) is 12.5. The molecule has 0 unspecified atom stereocenters. The Balaban J connectivity index is 2.34. The fourth-order valence-electron chi connectivity index (χ4n) is 2.18. The van der Waals surface area contributed by atoms with Gasteiger partial charge in [-0.1, -0.05) is 28.8 Å². The second-order valence-corrected chi connectivity index (χ2v) is 7.32. The summed E-state index contributed by atoms with van der Waals surface area (Å²) in [5.41, 5.74) is 6.12. The number of nitrogens with zero attached hydrogens (tertiary/aromatic N) is 1. The Morgan fingerprint density at radius 1 is 1.11 bits per heavy atom. The van der Waals surface area contributed by atoms with Gasteiger partial charge in [0.05, 0.1) is 5.69 Å². The molecule has 1 saturated heterocycles. The summed E-state index contributed by atoms with van der Waals surface area (Å²) in [6.07, 6.45) is 4.05. The summed E-state index contributed by atoms with van der Waals surface area (Å²) >= 11 is 3.28. The number of hydrogen-bond acceptors (Lipinski definition) is 3. The van der Waals surface area contributed by atoms with E-state index in [9.17, 15) is 8.42 Å². The van der Waals surface area contributed by atoms with Crippen LogP contribution in [0.25, 0.3) is 0 Å². The summed E-state index contributed by atoms with van der Waals surface area (Å²) in [7, 11) is -3.45. The van der Waals surface area contributed by atoms with E-state index in [0.717, 1.165) is 30.2 Å². The fraction of sp³-hybridized carbons (Fsp3) is 0.500. The van der Waals surface area contributed by atoms with Crippen LogP contribution in [0, 0.1) is 0 Å². The molecule has 6 heteroatoms. The lowest BCUT2D eigenvalue weighted by molar-refractivity contribution is 0.424. The van der Waals surface area contributed by atoms with E-state index < -0.39 is 10.0 Å². The van der Waals surface area contributed by atoms with Crippen molar-refractivity contribution in [3.05, 3.63) is 22.7 Å². The Morgan fingerprint density at radius 3 is 2.28 bits per heavy atom. The minimum absolute atomic E-state index is 0.215. The molecular formula is C12H17BrN2O2S. The maximum absolute atomic E-state index is 12.5. The Kier molecular flexibility index (Phi) is 4.29. The van der Waals surface area contributed by atoms with E-state index in [1.165, 1.54) is 0 Å². The third-order valence-electron chi connectivity index (χ3n) is 3.15. The van der Waals surface area contributed by atoms with E-state index in [1.807, 2.05) is 0 Å². The summed E-state index contributed by atoms with van der Waals surface area (Å²) in [5.74, 6) is 0. The van der Waals surface area contributed by atoms with Gasteiger partial charge >= 0.3 is 0 Å². The van der Waals surface area contributed by atoms with Gasteiger partial charge in [-0.25, -0.2) is 8.42 Å². The van der Waals surface area contributed by atoms with E-state index in [-0.39, 0.29) is 4.90 Å².